The fourth-order valence-electron chi connectivity index (χ4n) is 5.95. The minimum atomic E-state index is -0.0964. The largest absolute Gasteiger partial charge is 0.456 e. The van der Waals surface area contributed by atoms with E-state index in [1.807, 2.05) is 53.4 Å². The van der Waals surface area contributed by atoms with Crippen LogP contribution in [0.2, 0.25) is 0 Å². The number of hydrogen-bond acceptors (Lipinski definition) is 2. The number of benzene rings is 3. The normalized spacial score (nSPS) is 16.4. The molecule has 3 nitrogen and oxygen atoms in total. The zero-order chi connectivity index (χ0) is 27.8. The fourth-order valence-corrected chi connectivity index (χ4v) is 5.95. The van der Waals surface area contributed by atoms with Crippen molar-refractivity contribution >= 4 is 5.91 Å². The summed E-state index contributed by atoms with van der Waals surface area (Å²) in [6.45, 7) is 14.2. The maximum atomic E-state index is 13.9. The van der Waals surface area contributed by atoms with Gasteiger partial charge in [-0.05, 0) is 83.0 Å². The van der Waals surface area contributed by atoms with Gasteiger partial charge < -0.3 is 9.32 Å². The molecule has 0 radical (unpaired) electrons. The molecule has 5 rings (SSSR count). The number of carbonyl (C=O) groups is 1. The molecule has 0 aliphatic heterocycles. The molecule has 1 amide bonds. The molecule has 1 aliphatic carbocycles. The molecular formula is C36H41NO2. The Kier molecular flexibility index (Phi) is 7.29. The van der Waals surface area contributed by atoms with Gasteiger partial charge in [0, 0.05) is 13.0 Å². The highest BCUT2D eigenvalue weighted by molar-refractivity contribution is 5.91. The van der Waals surface area contributed by atoms with E-state index in [9.17, 15) is 4.79 Å². The summed E-state index contributed by atoms with van der Waals surface area (Å²) in [5.74, 6) is 1.12. The van der Waals surface area contributed by atoms with Crippen LogP contribution in [0.25, 0.3) is 0 Å². The van der Waals surface area contributed by atoms with E-state index < -0.39 is 0 Å². The van der Waals surface area contributed by atoms with Crippen LogP contribution in [0.1, 0.15) is 103 Å². The summed E-state index contributed by atoms with van der Waals surface area (Å²) in [6, 6.07) is 28.8. The Labute approximate surface area is 233 Å². The molecule has 3 aromatic carbocycles. The molecule has 1 heterocycles. The molecule has 1 aliphatic rings. The Bertz CT molecular complexity index is 1450. The number of furan rings is 1. The van der Waals surface area contributed by atoms with Gasteiger partial charge >= 0.3 is 0 Å². The lowest BCUT2D eigenvalue weighted by molar-refractivity contribution is 0.0639. The molecule has 0 N–H and O–H groups in total. The van der Waals surface area contributed by atoms with Crippen LogP contribution in [0, 0.1) is 6.92 Å². The highest BCUT2D eigenvalue weighted by Crippen LogP contribution is 2.46. The van der Waals surface area contributed by atoms with Crippen LogP contribution < -0.4 is 0 Å². The first-order chi connectivity index (χ1) is 18.5. The van der Waals surface area contributed by atoms with E-state index in [0.717, 1.165) is 16.9 Å². The van der Waals surface area contributed by atoms with Gasteiger partial charge in [0.05, 0.1) is 6.04 Å². The summed E-state index contributed by atoms with van der Waals surface area (Å²) in [7, 11) is 0. The molecule has 3 heteroatoms. The van der Waals surface area contributed by atoms with Gasteiger partial charge in [-0.1, -0.05) is 100 Å². The number of rotatable bonds is 7. The van der Waals surface area contributed by atoms with Crippen LogP contribution in [-0.4, -0.2) is 10.8 Å². The molecule has 0 fully saturated rings. The number of amides is 1. The van der Waals surface area contributed by atoms with Crippen LogP contribution in [0.3, 0.4) is 0 Å². The summed E-state index contributed by atoms with van der Waals surface area (Å²) in [5, 5.41) is 0. The van der Waals surface area contributed by atoms with Gasteiger partial charge in [-0.25, -0.2) is 0 Å². The standard InChI is InChI=1S/C36H41NO2/c1-25-21-31-32(36(5,6)20-19-35(31,3)4)23-29(25)22-30-17-18-33(39-30)34(38)37(24-27-13-9-7-10-14-27)26(2)28-15-11-8-12-16-28/h7-18,21,23,26H,19-20,22,24H2,1-6H3. The van der Waals surface area contributed by atoms with Crippen molar-refractivity contribution in [2.45, 2.75) is 84.2 Å². The first-order valence-electron chi connectivity index (χ1n) is 14.2. The monoisotopic (exact) mass is 519 g/mol. The minimum Gasteiger partial charge on any atom is -0.456 e. The second-order valence-electron chi connectivity index (χ2n) is 12.5. The van der Waals surface area contributed by atoms with Crippen molar-refractivity contribution in [1.29, 1.82) is 0 Å². The van der Waals surface area contributed by atoms with Crippen LogP contribution in [0.5, 0.6) is 0 Å². The zero-order valence-electron chi connectivity index (χ0n) is 24.3. The quantitative estimate of drug-likeness (QED) is 0.244. The number of aryl methyl sites for hydroxylation is 1. The smallest absolute Gasteiger partial charge is 0.290 e. The summed E-state index contributed by atoms with van der Waals surface area (Å²) in [5.41, 5.74) is 8.02. The number of carbonyl (C=O) groups excluding carboxylic acids is 1. The van der Waals surface area contributed by atoms with E-state index in [1.165, 1.54) is 35.1 Å². The number of hydrogen-bond donors (Lipinski definition) is 0. The molecule has 1 unspecified atom stereocenters. The first kappa shape index (κ1) is 27.0. The molecule has 0 saturated carbocycles. The molecular weight excluding hydrogens is 478 g/mol. The highest BCUT2D eigenvalue weighted by atomic mass is 16.4. The van der Waals surface area contributed by atoms with Crippen LogP contribution in [0.4, 0.5) is 0 Å². The summed E-state index contributed by atoms with van der Waals surface area (Å²) < 4.78 is 6.25. The van der Waals surface area contributed by atoms with E-state index >= 15 is 0 Å². The number of fused-ring (bicyclic) bond motifs is 1. The third-order valence-corrected chi connectivity index (χ3v) is 8.75. The minimum absolute atomic E-state index is 0.0912. The van der Waals surface area contributed by atoms with Gasteiger partial charge in [0.2, 0.25) is 0 Å². The van der Waals surface area contributed by atoms with E-state index in [2.05, 4.69) is 77.9 Å². The average molecular weight is 520 g/mol. The topological polar surface area (TPSA) is 33.5 Å². The lowest BCUT2D eigenvalue weighted by atomic mass is 9.62. The van der Waals surface area contributed by atoms with Crippen molar-refractivity contribution in [2.24, 2.45) is 0 Å². The zero-order valence-corrected chi connectivity index (χ0v) is 24.3. The van der Waals surface area contributed by atoms with Gasteiger partial charge in [-0.15, -0.1) is 0 Å². The van der Waals surface area contributed by atoms with Crippen molar-refractivity contribution in [2.75, 3.05) is 0 Å². The fraction of sp³-hybridized carbons (Fsp3) is 0.361. The SMILES string of the molecule is Cc1cc2c(cc1Cc1ccc(C(=O)N(Cc3ccccc3)C(C)c3ccccc3)o1)C(C)(C)CCC2(C)C. The molecule has 39 heavy (non-hydrogen) atoms. The van der Waals surface area contributed by atoms with E-state index in [-0.39, 0.29) is 22.8 Å². The van der Waals surface area contributed by atoms with Gasteiger partial charge in [-0.3, -0.25) is 4.79 Å². The Morgan fingerprint density at radius 1 is 0.846 bits per heavy atom. The predicted octanol–water partition coefficient (Wildman–Crippen LogP) is 8.93. The second kappa shape index (κ2) is 10.5. The first-order valence-corrected chi connectivity index (χ1v) is 14.2. The van der Waals surface area contributed by atoms with Crippen LogP contribution in [-0.2, 0) is 23.8 Å². The molecule has 202 valence electrons. The van der Waals surface area contributed by atoms with Crippen molar-refractivity contribution in [1.82, 2.24) is 4.90 Å². The lowest BCUT2D eigenvalue weighted by Crippen LogP contribution is -2.34. The van der Waals surface area contributed by atoms with Gasteiger partial charge in [0.1, 0.15) is 5.76 Å². The van der Waals surface area contributed by atoms with Crippen molar-refractivity contribution in [3.8, 4) is 0 Å². The summed E-state index contributed by atoms with van der Waals surface area (Å²) >= 11 is 0. The van der Waals surface area contributed by atoms with Crippen LogP contribution >= 0.6 is 0 Å². The maximum absolute atomic E-state index is 13.9. The molecule has 1 aromatic heterocycles. The second-order valence-corrected chi connectivity index (χ2v) is 12.5. The van der Waals surface area contributed by atoms with Gasteiger partial charge in [0.15, 0.2) is 5.76 Å². The Morgan fingerprint density at radius 2 is 1.44 bits per heavy atom. The van der Waals surface area contributed by atoms with Gasteiger partial charge in [0.25, 0.3) is 5.91 Å². The van der Waals surface area contributed by atoms with Crippen molar-refractivity contribution in [3.63, 3.8) is 0 Å². The maximum Gasteiger partial charge on any atom is 0.290 e. The molecule has 0 spiro atoms. The molecule has 1 atom stereocenters. The molecule has 0 bridgehead atoms. The third kappa shape index (κ3) is 5.59. The lowest BCUT2D eigenvalue weighted by Gasteiger charge is -2.42. The van der Waals surface area contributed by atoms with E-state index in [0.29, 0.717) is 18.7 Å². The third-order valence-electron chi connectivity index (χ3n) is 8.75. The Balaban J connectivity index is 1.42. The summed E-state index contributed by atoms with van der Waals surface area (Å²) in [6.07, 6.45) is 3.07. The van der Waals surface area contributed by atoms with Crippen LogP contribution in [0.15, 0.2) is 89.3 Å². The average Bonchev–Trinajstić information content (AvgIpc) is 3.40. The number of nitrogens with zero attached hydrogens (tertiary/aromatic N) is 1. The van der Waals surface area contributed by atoms with Crippen molar-refractivity contribution < 1.29 is 9.21 Å². The Morgan fingerprint density at radius 3 is 2.08 bits per heavy atom. The molecule has 4 aromatic rings. The Hall–Kier alpha value is -3.59. The summed E-state index contributed by atoms with van der Waals surface area (Å²) in [4.78, 5) is 15.8. The van der Waals surface area contributed by atoms with E-state index in [4.69, 9.17) is 4.42 Å². The van der Waals surface area contributed by atoms with Gasteiger partial charge in [-0.2, -0.15) is 0 Å². The highest BCUT2D eigenvalue weighted by Gasteiger charge is 2.37. The van der Waals surface area contributed by atoms with Crippen molar-refractivity contribution in [3.05, 3.63) is 130 Å². The predicted molar refractivity (Wildman–Crippen MR) is 159 cm³/mol. The van der Waals surface area contributed by atoms with E-state index in [1.54, 1.807) is 0 Å². The molecule has 0 saturated heterocycles.